The summed E-state index contributed by atoms with van der Waals surface area (Å²) in [6.45, 7) is 10.8. The van der Waals surface area contributed by atoms with E-state index >= 15 is 0 Å². The number of benzene rings is 2. The van der Waals surface area contributed by atoms with Gasteiger partial charge in [0.15, 0.2) is 0 Å². The molecule has 8 saturated carbocycles. The smallest absolute Gasteiger partial charge is 0.0249 e. The van der Waals surface area contributed by atoms with E-state index in [0.29, 0.717) is 37.9 Å². The van der Waals surface area contributed by atoms with Crippen molar-refractivity contribution < 1.29 is 0 Å². The lowest BCUT2D eigenvalue weighted by Crippen LogP contribution is -2.69. The predicted octanol–water partition coefficient (Wildman–Crippen LogP) is 9.70. The Hall–Kier alpha value is -2.00. The van der Waals surface area contributed by atoms with Crippen LogP contribution in [0.3, 0.4) is 0 Å². The SMILES string of the molecule is CC12CC3CC(C)(C1)CC(C14CC5(C)CC(C)(CC(c6ccc(C#Cc7ccccc7)cc6)(C5)C1)C4)(C3)C2. The van der Waals surface area contributed by atoms with Gasteiger partial charge in [-0.3, -0.25) is 0 Å². The van der Waals surface area contributed by atoms with Crippen LogP contribution in [0.1, 0.15) is 121 Å². The van der Waals surface area contributed by atoms with Crippen LogP contribution in [0.25, 0.3) is 0 Å². The van der Waals surface area contributed by atoms with Crippen LogP contribution in [-0.2, 0) is 5.41 Å². The molecule has 8 aliphatic carbocycles. The van der Waals surface area contributed by atoms with Crippen LogP contribution in [0.5, 0.6) is 0 Å². The lowest BCUT2D eigenvalue weighted by Gasteiger charge is -2.78. The minimum Gasteiger partial charge on any atom is -0.0622 e. The summed E-state index contributed by atoms with van der Waals surface area (Å²) in [5, 5.41) is 0. The van der Waals surface area contributed by atoms with Crippen molar-refractivity contribution >= 4 is 0 Å². The van der Waals surface area contributed by atoms with Gasteiger partial charge in [0.1, 0.15) is 0 Å². The Kier molecular flexibility index (Phi) is 4.51. The maximum absolute atomic E-state index is 3.43. The average molecular weight is 503 g/mol. The van der Waals surface area contributed by atoms with Crippen molar-refractivity contribution in [3.63, 3.8) is 0 Å². The van der Waals surface area contributed by atoms with E-state index in [1.807, 2.05) is 0 Å². The van der Waals surface area contributed by atoms with Gasteiger partial charge in [0, 0.05) is 11.1 Å². The Labute approximate surface area is 231 Å². The first-order valence-electron chi connectivity index (χ1n) is 15.6. The Morgan fingerprint density at radius 1 is 0.500 bits per heavy atom. The molecule has 2 aromatic rings. The highest BCUT2D eigenvalue weighted by atomic mass is 14.8. The molecule has 0 N–H and O–H groups in total. The van der Waals surface area contributed by atoms with Gasteiger partial charge >= 0.3 is 0 Å². The molecule has 0 aliphatic heterocycles. The van der Waals surface area contributed by atoms with Crippen LogP contribution in [0, 0.1) is 50.2 Å². The molecule has 2 aromatic carbocycles. The Bertz CT molecular complexity index is 1310. The van der Waals surface area contributed by atoms with Crippen LogP contribution in [0.4, 0.5) is 0 Å². The van der Waals surface area contributed by atoms with E-state index in [2.05, 4.69) is 94.1 Å². The normalized spacial score (nSPS) is 49.6. The van der Waals surface area contributed by atoms with Crippen LogP contribution >= 0.6 is 0 Å². The van der Waals surface area contributed by atoms with Gasteiger partial charge in [-0.05, 0) is 151 Å². The molecule has 0 amide bonds. The van der Waals surface area contributed by atoms with Gasteiger partial charge in [0.05, 0.1) is 0 Å². The first-order chi connectivity index (χ1) is 18.0. The molecule has 8 fully saturated rings. The van der Waals surface area contributed by atoms with Crippen molar-refractivity contribution in [1.82, 2.24) is 0 Å². The average Bonchev–Trinajstić information content (AvgIpc) is 2.79. The van der Waals surface area contributed by atoms with Crippen molar-refractivity contribution in [2.75, 3.05) is 0 Å². The second kappa shape index (κ2) is 7.19. The van der Waals surface area contributed by atoms with E-state index in [-0.39, 0.29) is 0 Å². The minimum absolute atomic E-state index is 0.356. The van der Waals surface area contributed by atoms with E-state index in [4.69, 9.17) is 0 Å². The molecule has 4 atom stereocenters. The molecule has 198 valence electrons. The predicted molar refractivity (Wildman–Crippen MR) is 157 cm³/mol. The molecule has 38 heavy (non-hydrogen) atoms. The fourth-order valence-electron chi connectivity index (χ4n) is 14.2. The first kappa shape index (κ1) is 23.9. The van der Waals surface area contributed by atoms with Crippen molar-refractivity contribution in [1.29, 1.82) is 0 Å². The van der Waals surface area contributed by atoms with Gasteiger partial charge in [-0.15, -0.1) is 0 Å². The topological polar surface area (TPSA) is 0 Å². The molecule has 0 aromatic heterocycles. The standard InChI is InChI=1S/C38H46/c1-32-16-30-17-33(2,19-32)24-37(18-30,23-32)38-25-34(3)20-35(4,26-38)22-36(21-34,27-38)31-14-12-29(13-15-31)11-10-28-8-6-5-7-9-28/h5-9,12-15,30H,16-27H2,1-4H3. The first-order valence-corrected chi connectivity index (χ1v) is 15.6. The third-order valence-electron chi connectivity index (χ3n) is 13.0. The van der Waals surface area contributed by atoms with Gasteiger partial charge in [-0.25, -0.2) is 0 Å². The number of hydrogen-bond acceptors (Lipinski definition) is 0. The zero-order chi connectivity index (χ0) is 26.1. The minimum atomic E-state index is 0.356. The Balaban J connectivity index is 1.19. The molecule has 0 radical (unpaired) electrons. The van der Waals surface area contributed by atoms with Gasteiger partial charge in [0.25, 0.3) is 0 Å². The molecular formula is C38H46. The van der Waals surface area contributed by atoms with Gasteiger partial charge in [-0.2, -0.15) is 0 Å². The van der Waals surface area contributed by atoms with E-state index in [9.17, 15) is 0 Å². The largest absolute Gasteiger partial charge is 0.0622 e. The highest BCUT2D eigenvalue weighted by molar-refractivity contribution is 5.45. The molecule has 0 heterocycles. The van der Waals surface area contributed by atoms with Crippen LogP contribution in [-0.4, -0.2) is 0 Å². The number of rotatable bonds is 2. The summed E-state index contributed by atoms with van der Waals surface area (Å²) in [7, 11) is 0. The summed E-state index contributed by atoms with van der Waals surface area (Å²) in [4.78, 5) is 0. The third-order valence-corrected chi connectivity index (χ3v) is 13.0. The lowest BCUT2D eigenvalue weighted by molar-refractivity contribution is -0.270. The molecule has 0 nitrogen and oxygen atoms in total. The fourth-order valence-corrected chi connectivity index (χ4v) is 14.2. The second-order valence-corrected chi connectivity index (χ2v) is 17.3. The van der Waals surface area contributed by atoms with Crippen molar-refractivity contribution in [3.05, 3.63) is 71.3 Å². The van der Waals surface area contributed by atoms with Crippen LogP contribution < -0.4 is 0 Å². The molecule has 0 heteroatoms. The quantitative estimate of drug-likeness (QED) is 0.359. The number of hydrogen-bond donors (Lipinski definition) is 0. The second-order valence-electron chi connectivity index (χ2n) is 17.3. The summed E-state index contributed by atoms with van der Waals surface area (Å²) < 4.78 is 0. The molecular weight excluding hydrogens is 456 g/mol. The Morgan fingerprint density at radius 3 is 1.61 bits per heavy atom. The molecule has 8 bridgehead atoms. The maximum Gasteiger partial charge on any atom is 0.0249 e. The summed E-state index contributed by atoms with van der Waals surface area (Å²) >= 11 is 0. The molecule has 0 saturated heterocycles. The third kappa shape index (κ3) is 3.36. The summed E-state index contributed by atoms with van der Waals surface area (Å²) in [6.07, 6.45) is 17.9. The van der Waals surface area contributed by atoms with Crippen LogP contribution in [0.2, 0.25) is 0 Å². The highest BCUT2D eigenvalue weighted by Gasteiger charge is 2.74. The summed E-state index contributed by atoms with van der Waals surface area (Å²) in [5.74, 6) is 7.79. The molecule has 0 spiro atoms. The van der Waals surface area contributed by atoms with E-state index < -0.39 is 0 Å². The monoisotopic (exact) mass is 502 g/mol. The molecule has 10 rings (SSSR count). The van der Waals surface area contributed by atoms with E-state index in [1.165, 1.54) is 70.6 Å². The van der Waals surface area contributed by atoms with Crippen molar-refractivity contribution in [2.24, 2.45) is 38.4 Å². The summed E-state index contributed by atoms with van der Waals surface area (Å²) in [5.41, 5.74) is 7.57. The molecule has 4 unspecified atom stereocenters. The highest BCUT2D eigenvalue weighted by Crippen LogP contribution is 2.83. The van der Waals surface area contributed by atoms with Gasteiger partial charge in [0.2, 0.25) is 0 Å². The van der Waals surface area contributed by atoms with E-state index in [0.717, 1.165) is 17.0 Å². The zero-order valence-corrected chi connectivity index (χ0v) is 24.3. The Morgan fingerprint density at radius 2 is 1.03 bits per heavy atom. The van der Waals surface area contributed by atoms with Crippen LogP contribution in [0.15, 0.2) is 54.6 Å². The van der Waals surface area contributed by atoms with Crippen molar-refractivity contribution in [2.45, 2.75) is 110 Å². The van der Waals surface area contributed by atoms with Gasteiger partial charge < -0.3 is 0 Å². The fraction of sp³-hybridized carbons (Fsp3) is 0.632. The lowest BCUT2D eigenvalue weighted by atomic mass is 9.26. The van der Waals surface area contributed by atoms with Gasteiger partial charge in [-0.1, -0.05) is 69.9 Å². The van der Waals surface area contributed by atoms with E-state index in [1.54, 1.807) is 12.0 Å². The van der Waals surface area contributed by atoms with Crippen molar-refractivity contribution in [3.8, 4) is 11.8 Å². The maximum atomic E-state index is 3.43. The zero-order valence-electron chi connectivity index (χ0n) is 24.3. The molecule has 8 aliphatic rings. The summed E-state index contributed by atoms with van der Waals surface area (Å²) in [6, 6.07) is 20.0.